The van der Waals surface area contributed by atoms with E-state index in [1.807, 2.05) is 13.8 Å². The van der Waals surface area contributed by atoms with Gasteiger partial charge in [0.15, 0.2) is 6.10 Å². The van der Waals surface area contributed by atoms with Crippen LogP contribution in [0.15, 0.2) is 84.9 Å². The van der Waals surface area contributed by atoms with Gasteiger partial charge in [0, 0.05) is 61.6 Å². The molecule has 10 rings (SSSR count). The van der Waals surface area contributed by atoms with Crippen molar-refractivity contribution >= 4 is 59.1 Å². The standard InChI is InChI=1S/C28H30FN3O6.C24H24FN3O4.C4H8O3.2CH4/c1-16-4-11-23(18-5-7-20(29)8-6-18)32(16)24(33)15-31-26(35)28(38-27(31)36)13-12-19-14-21(9-10-22(19)28)30-25(34)17(2)37-3;1-14-2-9-20(15-3-5-17(25)6-4-15)28(14)21(29)13-27-22(30)24(32-23(27)31)11-10-16-12-18(26)7-8-19(16)24;1-3(7-2)4(5)6;;/h5-10,14,16-17,23H,4,11-13,15H2,1-3H3,(H,30,34);3-8,12,14,20H,2,9-11,13,26H2,1H3;3H,1-2H3,(H,5,6);2*1H4/t16-,17-,23-,28+;14-,20-,24+;3-;;/m000../s1. The average molecular weight is 1100 g/mol. The number of nitrogens with one attached hydrogen (secondary N) is 1. The predicted molar refractivity (Wildman–Crippen MR) is 286 cm³/mol. The molecule has 4 saturated heterocycles. The molecule has 4 aliphatic heterocycles. The van der Waals surface area contributed by atoms with E-state index in [0.29, 0.717) is 48.2 Å². The van der Waals surface area contributed by atoms with Crippen LogP contribution >= 0.6 is 0 Å². The summed E-state index contributed by atoms with van der Waals surface area (Å²) in [5.74, 6) is -3.70. The highest BCUT2D eigenvalue weighted by Gasteiger charge is 2.60. The van der Waals surface area contributed by atoms with Crippen molar-refractivity contribution in [3.8, 4) is 0 Å². The number of hydrogen-bond acceptors (Lipinski definition) is 13. The van der Waals surface area contributed by atoms with Crippen molar-refractivity contribution in [2.45, 2.75) is 141 Å². The minimum atomic E-state index is -1.48. The van der Waals surface area contributed by atoms with E-state index < -0.39 is 59.9 Å². The van der Waals surface area contributed by atoms with Crippen LogP contribution in [0.1, 0.15) is 127 Å². The number of amides is 7. The number of benzene rings is 4. The van der Waals surface area contributed by atoms with Gasteiger partial charge in [-0.2, -0.15) is 0 Å². The van der Waals surface area contributed by atoms with Crippen LogP contribution in [0.5, 0.6) is 0 Å². The van der Waals surface area contributed by atoms with Gasteiger partial charge < -0.3 is 44.9 Å². The van der Waals surface area contributed by atoms with Crippen molar-refractivity contribution in [1.29, 1.82) is 0 Å². The summed E-state index contributed by atoms with van der Waals surface area (Å²) in [5, 5.41) is 10.8. The third kappa shape index (κ3) is 11.8. The Balaban J connectivity index is 0.000000225. The Morgan fingerprint density at radius 3 is 1.48 bits per heavy atom. The highest BCUT2D eigenvalue weighted by Crippen LogP contribution is 2.48. The number of carbonyl (C=O) groups excluding carboxylic acids is 7. The molecule has 7 amide bonds. The van der Waals surface area contributed by atoms with E-state index in [-0.39, 0.29) is 81.3 Å². The molecule has 0 saturated carbocycles. The highest BCUT2D eigenvalue weighted by molar-refractivity contribution is 6.07. The van der Waals surface area contributed by atoms with Crippen LogP contribution in [0, 0.1) is 11.6 Å². The summed E-state index contributed by atoms with van der Waals surface area (Å²) in [6.45, 7) is 6.15. The van der Waals surface area contributed by atoms with E-state index in [2.05, 4.69) is 10.1 Å². The van der Waals surface area contributed by atoms with Crippen molar-refractivity contribution < 1.29 is 71.2 Å². The monoisotopic (exact) mass is 1100 g/mol. The van der Waals surface area contributed by atoms with Gasteiger partial charge in [0.05, 0.1) is 12.1 Å². The van der Waals surface area contributed by atoms with E-state index in [0.717, 1.165) is 51.3 Å². The Morgan fingerprint density at radius 2 is 1.08 bits per heavy atom. The van der Waals surface area contributed by atoms with Crippen LogP contribution in [-0.2, 0) is 71.8 Å². The molecule has 21 heteroatoms. The molecule has 0 radical (unpaired) electrons. The topological polar surface area (TPSA) is 245 Å². The number of aliphatic carboxylic acids is 1. The molecule has 4 fully saturated rings. The number of nitrogen functional groups attached to an aromatic ring is 1. The van der Waals surface area contributed by atoms with Gasteiger partial charge in [-0.05, 0) is 137 Å². The Hall–Kier alpha value is -7.78. The van der Waals surface area contributed by atoms with E-state index in [1.54, 1.807) is 77.4 Å². The highest BCUT2D eigenvalue weighted by atomic mass is 19.1. The Morgan fingerprint density at radius 1 is 0.658 bits per heavy atom. The fraction of sp³-hybridized carbons (Fsp3) is 0.448. The van der Waals surface area contributed by atoms with Crippen molar-refractivity contribution in [2.75, 3.05) is 38.4 Å². The first-order valence-electron chi connectivity index (χ1n) is 25.5. The van der Waals surface area contributed by atoms with Crippen LogP contribution in [0.3, 0.4) is 0 Å². The molecule has 0 bridgehead atoms. The summed E-state index contributed by atoms with van der Waals surface area (Å²) in [6.07, 6.45) is 1.63. The molecule has 0 unspecified atom stereocenters. The van der Waals surface area contributed by atoms with Gasteiger partial charge in [-0.25, -0.2) is 33.0 Å². The van der Waals surface area contributed by atoms with Crippen molar-refractivity contribution in [2.24, 2.45) is 0 Å². The molecule has 424 valence electrons. The minimum absolute atomic E-state index is 0. The van der Waals surface area contributed by atoms with E-state index in [4.69, 9.17) is 25.1 Å². The van der Waals surface area contributed by atoms with E-state index >= 15 is 0 Å². The van der Waals surface area contributed by atoms with Crippen molar-refractivity contribution in [1.82, 2.24) is 19.6 Å². The van der Waals surface area contributed by atoms with E-state index in [1.165, 1.54) is 45.4 Å². The Bertz CT molecular complexity index is 2980. The van der Waals surface area contributed by atoms with Crippen LogP contribution in [-0.4, -0.2) is 124 Å². The maximum atomic E-state index is 13.6. The third-order valence-electron chi connectivity index (χ3n) is 15.4. The Labute approximate surface area is 458 Å². The number of halogens is 2. The smallest absolute Gasteiger partial charge is 0.418 e. The zero-order chi connectivity index (χ0) is 55.7. The number of ether oxygens (including phenoxy) is 4. The minimum Gasteiger partial charge on any atom is -0.479 e. The van der Waals surface area contributed by atoms with Crippen LogP contribution in [0.2, 0.25) is 0 Å². The number of likely N-dealkylation sites (tertiary alicyclic amines) is 2. The lowest BCUT2D eigenvalue weighted by Gasteiger charge is -2.30. The van der Waals surface area contributed by atoms with E-state index in [9.17, 15) is 47.1 Å². The number of rotatable bonds is 11. The molecule has 79 heavy (non-hydrogen) atoms. The Kier molecular flexibility index (Phi) is 18.7. The van der Waals surface area contributed by atoms with Crippen molar-refractivity contribution in [3.05, 3.63) is 130 Å². The molecule has 6 aliphatic rings. The number of carboxylic acid groups (broad SMARTS) is 1. The third-order valence-corrected chi connectivity index (χ3v) is 15.4. The molecule has 4 heterocycles. The maximum Gasteiger partial charge on any atom is 0.418 e. The first kappa shape index (κ1) is 60.4. The van der Waals surface area contributed by atoms with Crippen LogP contribution < -0.4 is 11.1 Å². The van der Waals surface area contributed by atoms with Crippen LogP contribution in [0.25, 0.3) is 0 Å². The number of anilines is 2. The lowest BCUT2D eigenvalue weighted by Crippen LogP contribution is -2.46. The number of carbonyl (C=O) groups is 8. The molecule has 4 N–H and O–H groups in total. The molecule has 2 aliphatic carbocycles. The summed E-state index contributed by atoms with van der Waals surface area (Å²) >= 11 is 0. The van der Waals surface area contributed by atoms with Gasteiger partial charge in [0.1, 0.15) is 30.8 Å². The van der Waals surface area contributed by atoms with Gasteiger partial charge >= 0.3 is 18.2 Å². The number of nitrogens with two attached hydrogens (primary N) is 1. The number of carboxylic acids is 1. The normalized spacial score (nSPS) is 24.1. The number of imide groups is 2. The number of aryl methyl sites for hydroxylation is 2. The van der Waals surface area contributed by atoms with Crippen LogP contribution in [0.4, 0.5) is 29.7 Å². The fourth-order valence-corrected chi connectivity index (χ4v) is 11.1. The lowest BCUT2D eigenvalue weighted by molar-refractivity contribution is -0.147. The quantitative estimate of drug-likeness (QED) is 0.120. The van der Waals surface area contributed by atoms with Gasteiger partial charge in [0.25, 0.3) is 17.7 Å². The zero-order valence-corrected chi connectivity index (χ0v) is 43.6. The maximum absolute atomic E-state index is 13.6. The van der Waals surface area contributed by atoms with Gasteiger partial charge in [-0.3, -0.25) is 24.0 Å². The summed E-state index contributed by atoms with van der Waals surface area (Å²) in [5.41, 5.74) is 8.62. The SMILES string of the molecule is C.C.CO[C@@H](C)C(=O)Nc1ccc2c(c1)CC[C@@]21OC(=O)N(CC(=O)N2[C@@H](C)CC[C@H]2c2ccc(F)cc2)C1=O.CO[C@@H](C)C(=O)O.C[C@H]1CC[C@@H](c2ccc(F)cc2)N1C(=O)CN1C(=O)O[C@@]2(CCc3cc(N)ccc32)C1=O. The largest absolute Gasteiger partial charge is 0.479 e. The number of hydrogen-bond donors (Lipinski definition) is 3. The summed E-state index contributed by atoms with van der Waals surface area (Å²) < 4.78 is 47.5. The molecule has 19 nitrogen and oxygen atoms in total. The average Bonchev–Trinajstić information content (AvgIpc) is 4.31. The molecule has 4 aromatic rings. The second-order valence-corrected chi connectivity index (χ2v) is 20.1. The first-order valence-corrected chi connectivity index (χ1v) is 25.5. The molecule has 0 aromatic heterocycles. The second kappa shape index (κ2) is 24.5. The first-order chi connectivity index (χ1) is 36.6. The molecular weight excluding hydrogens is 1030 g/mol. The molecule has 4 aromatic carbocycles. The lowest BCUT2D eigenvalue weighted by atomic mass is 9.94. The van der Waals surface area contributed by atoms with Gasteiger partial charge in [0.2, 0.25) is 23.0 Å². The number of nitrogens with zero attached hydrogens (tertiary/aromatic N) is 4. The summed E-state index contributed by atoms with van der Waals surface area (Å²) in [6, 6.07) is 21.8. The van der Waals surface area contributed by atoms with Gasteiger partial charge in [-0.15, -0.1) is 0 Å². The number of fused-ring (bicyclic) bond motifs is 4. The molecule has 8 atom stereocenters. The molecule has 2 spiro atoms. The summed E-state index contributed by atoms with van der Waals surface area (Å²) in [7, 11) is 2.80. The zero-order valence-electron chi connectivity index (χ0n) is 43.6. The number of methoxy groups -OCH3 is 2. The van der Waals surface area contributed by atoms with Gasteiger partial charge in [-0.1, -0.05) is 51.3 Å². The predicted octanol–water partition coefficient (Wildman–Crippen LogP) is 8.33. The summed E-state index contributed by atoms with van der Waals surface area (Å²) in [4.78, 5) is 106. The van der Waals surface area contributed by atoms with Crippen molar-refractivity contribution in [3.63, 3.8) is 0 Å². The second-order valence-electron chi connectivity index (χ2n) is 20.1. The molecular formula is C58H70F2N6O13. The fourth-order valence-electron chi connectivity index (χ4n) is 11.1.